The van der Waals surface area contributed by atoms with Gasteiger partial charge >= 0.3 is 5.97 Å². The van der Waals surface area contributed by atoms with Crippen LogP contribution in [0.3, 0.4) is 0 Å². The molecule has 0 aliphatic heterocycles. The van der Waals surface area contributed by atoms with E-state index in [1.165, 1.54) is 0 Å². The van der Waals surface area contributed by atoms with Gasteiger partial charge in [0.25, 0.3) is 0 Å². The van der Waals surface area contributed by atoms with Gasteiger partial charge in [-0.2, -0.15) is 0 Å². The zero-order chi connectivity index (χ0) is 13.2. The molecule has 0 saturated carbocycles. The number of carboxylic acids is 1. The molecular weight excluding hydrogens is 238 g/mol. The third kappa shape index (κ3) is 2.72. The number of nitrogen functional groups attached to an aromatic ring is 1. The minimum atomic E-state index is -0.870. The van der Waals surface area contributed by atoms with E-state index in [0.29, 0.717) is 16.3 Å². The van der Waals surface area contributed by atoms with E-state index in [2.05, 4.69) is 0 Å². The molecular formula is C13H18ClNO2. The summed E-state index contributed by atoms with van der Waals surface area (Å²) in [5.41, 5.74) is 6.47. The summed E-state index contributed by atoms with van der Waals surface area (Å²) in [5, 5.41) is 9.81. The summed E-state index contributed by atoms with van der Waals surface area (Å²) in [4.78, 5) is 11.5. The molecule has 1 unspecified atom stereocenters. The molecule has 0 aromatic heterocycles. The van der Waals surface area contributed by atoms with Crippen LogP contribution >= 0.6 is 11.6 Å². The molecule has 0 bridgehead atoms. The quantitative estimate of drug-likeness (QED) is 0.809. The van der Waals surface area contributed by atoms with Crippen LogP contribution in [0.5, 0.6) is 0 Å². The Balaban J connectivity index is 3.34. The molecule has 0 fully saturated rings. The summed E-state index contributed by atoms with van der Waals surface area (Å²) < 4.78 is 0. The van der Waals surface area contributed by atoms with Crippen LogP contribution in [0.25, 0.3) is 0 Å². The van der Waals surface area contributed by atoms with E-state index in [-0.39, 0.29) is 5.41 Å². The fourth-order valence-electron chi connectivity index (χ4n) is 1.90. The van der Waals surface area contributed by atoms with Gasteiger partial charge in [-0.25, -0.2) is 0 Å². The standard InChI is InChI=1S/C13H18ClNO2/c1-4-13(2,3)10(12(16)17)8-6-5-7-9(14)11(8)15/h5-7,10H,4,15H2,1-3H3,(H,16,17). The predicted octanol–water partition coefficient (Wildman–Crippen LogP) is 3.53. The average Bonchev–Trinajstić information content (AvgIpc) is 2.24. The van der Waals surface area contributed by atoms with Gasteiger partial charge in [-0.05, 0) is 23.5 Å². The van der Waals surface area contributed by atoms with Crippen LogP contribution in [-0.2, 0) is 4.79 Å². The van der Waals surface area contributed by atoms with Crippen LogP contribution in [-0.4, -0.2) is 11.1 Å². The van der Waals surface area contributed by atoms with Crippen molar-refractivity contribution in [3.8, 4) is 0 Å². The molecule has 94 valence electrons. The van der Waals surface area contributed by atoms with Gasteiger partial charge in [0.1, 0.15) is 0 Å². The molecule has 1 atom stereocenters. The Morgan fingerprint density at radius 3 is 2.59 bits per heavy atom. The lowest BCUT2D eigenvalue weighted by Crippen LogP contribution is -2.29. The highest BCUT2D eigenvalue weighted by Crippen LogP contribution is 2.42. The Morgan fingerprint density at radius 1 is 1.53 bits per heavy atom. The summed E-state index contributed by atoms with van der Waals surface area (Å²) in [7, 11) is 0. The molecule has 3 nitrogen and oxygen atoms in total. The smallest absolute Gasteiger partial charge is 0.311 e. The molecule has 3 N–H and O–H groups in total. The molecule has 0 saturated heterocycles. The minimum Gasteiger partial charge on any atom is -0.481 e. The van der Waals surface area contributed by atoms with Crippen LogP contribution in [0.4, 0.5) is 5.69 Å². The lowest BCUT2D eigenvalue weighted by molar-refractivity contribution is -0.141. The molecule has 4 heteroatoms. The van der Waals surface area contributed by atoms with Crippen LogP contribution in [0.1, 0.15) is 38.7 Å². The fraction of sp³-hybridized carbons (Fsp3) is 0.462. The monoisotopic (exact) mass is 255 g/mol. The highest BCUT2D eigenvalue weighted by Gasteiger charge is 2.36. The number of aliphatic carboxylic acids is 1. The van der Waals surface area contributed by atoms with Crippen molar-refractivity contribution in [3.63, 3.8) is 0 Å². The van der Waals surface area contributed by atoms with E-state index in [1.807, 2.05) is 20.8 Å². The Labute approximate surface area is 107 Å². The number of rotatable bonds is 4. The largest absolute Gasteiger partial charge is 0.481 e. The first-order valence-electron chi connectivity index (χ1n) is 5.58. The van der Waals surface area contributed by atoms with Crippen LogP contribution < -0.4 is 5.73 Å². The van der Waals surface area contributed by atoms with Crippen LogP contribution in [0.2, 0.25) is 5.02 Å². The first-order chi connectivity index (χ1) is 7.81. The lowest BCUT2D eigenvalue weighted by Gasteiger charge is -2.31. The SMILES string of the molecule is CCC(C)(C)C(C(=O)O)c1cccc(Cl)c1N. The predicted molar refractivity (Wildman–Crippen MR) is 70.3 cm³/mol. The topological polar surface area (TPSA) is 63.3 Å². The number of hydrogen-bond acceptors (Lipinski definition) is 2. The van der Waals surface area contributed by atoms with E-state index in [9.17, 15) is 9.90 Å². The number of carboxylic acid groups (broad SMARTS) is 1. The van der Waals surface area contributed by atoms with Crippen molar-refractivity contribution in [2.24, 2.45) is 5.41 Å². The molecule has 1 aromatic rings. The number of para-hydroxylation sites is 1. The number of carbonyl (C=O) groups is 1. The van der Waals surface area contributed by atoms with Crippen LogP contribution in [0.15, 0.2) is 18.2 Å². The molecule has 0 amide bonds. The average molecular weight is 256 g/mol. The highest BCUT2D eigenvalue weighted by molar-refractivity contribution is 6.33. The minimum absolute atomic E-state index is 0.364. The van der Waals surface area contributed by atoms with Crippen molar-refractivity contribution in [3.05, 3.63) is 28.8 Å². The lowest BCUT2D eigenvalue weighted by atomic mass is 9.73. The second kappa shape index (κ2) is 4.96. The third-order valence-electron chi connectivity index (χ3n) is 3.34. The second-order valence-electron chi connectivity index (χ2n) is 4.86. The Kier molecular flexibility index (Phi) is 4.04. The van der Waals surface area contributed by atoms with E-state index < -0.39 is 11.9 Å². The summed E-state index contributed by atoms with van der Waals surface area (Å²) >= 11 is 5.94. The van der Waals surface area contributed by atoms with Gasteiger partial charge in [-0.3, -0.25) is 4.79 Å². The van der Waals surface area contributed by atoms with E-state index in [0.717, 1.165) is 6.42 Å². The molecule has 17 heavy (non-hydrogen) atoms. The van der Waals surface area contributed by atoms with Gasteiger partial charge in [0, 0.05) is 0 Å². The highest BCUT2D eigenvalue weighted by atomic mass is 35.5. The van der Waals surface area contributed by atoms with Gasteiger partial charge in [0.2, 0.25) is 0 Å². The summed E-state index contributed by atoms with van der Waals surface area (Å²) in [6.45, 7) is 5.81. The number of nitrogens with two attached hydrogens (primary N) is 1. The number of halogens is 1. The number of hydrogen-bond donors (Lipinski definition) is 2. The van der Waals surface area contributed by atoms with E-state index in [4.69, 9.17) is 17.3 Å². The summed E-state index contributed by atoms with van der Waals surface area (Å²) in [5.74, 6) is -1.52. The summed E-state index contributed by atoms with van der Waals surface area (Å²) in [6.07, 6.45) is 0.746. The van der Waals surface area contributed by atoms with E-state index in [1.54, 1.807) is 18.2 Å². The number of anilines is 1. The Hall–Kier alpha value is -1.22. The molecule has 1 aromatic carbocycles. The van der Waals surface area contributed by atoms with Gasteiger partial charge < -0.3 is 10.8 Å². The summed E-state index contributed by atoms with van der Waals surface area (Å²) in [6, 6.07) is 5.13. The van der Waals surface area contributed by atoms with Gasteiger partial charge in [-0.1, -0.05) is 44.5 Å². The normalized spacial score (nSPS) is 13.4. The van der Waals surface area contributed by atoms with Gasteiger partial charge in [0.15, 0.2) is 0 Å². The Morgan fingerprint density at radius 2 is 2.12 bits per heavy atom. The van der Waals surface area contributed by atoms with Crippen LogP contribution in [0, 0.1) is 5.41 Å². The Bertz CT molecular complexity index is 429. The molecule has 0 spiro atoms. The second-order valence-corrected chi connectivity index (χ2v) is 5.26. The zero-order valence-corrected chi connectivity index (χ0v) is 11.1. The third-order valence-corrected chi connectivity index (χ3v) is 3.67. The van der Waals surface area contributed by atoms with E-state index >= 15 is 0 Å². The van der Waals surface area contributed by atoms with Crippen molar-refractivity contribution >= 4 is 23.3 Å². The van der Waals surface area contributed by atoms with Crippen molar-refractivity contribution in [1.82, 2.24) is 0 Å². The van der Waals surface area contributed by atoms with Crippen molar-refractivity contribution < 1.29 is 9.90 Å². The zero-order valence-electron chi connectivity index (χ0n) is 10.3. The molecule has 0 heterocycles. The van der Waals surface area contributed by atoms with Crippen molar-refractivity contribution in [1.29, 1.82) is 0 Å². The van der Waals surface area contributed by atoms with Crippen molar-refractivity contribution in [2.75, 3.05) is 5.73 Å². The maximum Gasteiger partial charge on any atom is 0.311 e. The first-order valence-corrected chi connectivity index (χ1v) is 5.95. The molecule has 0 radical (unpaired) electrons. The molecule has 0 aliphatic rings. The first kappa shape index (κ1) is 13.8. The molecule has 0 aliphatic carbocycles. The van der Waals surface area contributed by atoms with Crippen molar-refractivity contribution in [2.45, 2.75) is 33.1 Å². The maximum atomic E-state index is 11.5. The van der Waals surface area contributed by atoms with Gasteiger partial charge in [-0.15, -0.1) is 0 Å². The maximum absolute atomic E-state index is 11.5. The van der Waals surface area contributed by atoms with Gasteiger partial charge in [0.05, 0.1) is 16.6 Å². The fourth-order valence-corrected chi connectivity index (χ4v) is 2.08. The molecule has 1 rings (SSSR count). The number of benzene rings is 1.